The predicted molar refractivity (Wildman–Crippen MR) is 97.3 cm³/mol. The number of hydrogen-bond donors (Lipinski definition) is 1. The fraction of sp³-hybridized carbons (Fsp3) is 0.125. The van der Waals surface area contributed by atoms with Gasteiger partial charge in [-0.15, -0.1) is 0 Å². The summed E-state index contributed by atoms with van der Waals surface area (Å²) in [6.45, 7) is 3.89. The Balaban J connectivity index is 2.26. The Hall–Kier alpha value is -1.59. The molecule has 2 aromatic rings. The molecule has 112 valence electrons. The maximum atomic E-state index is 12.2. The first-order chi connectivity index (χ1) is 10.4. The normalized spacial score (nSPS) is 11.1. The van der Waals surface area contributed by atoms with Crippen molar-refractivity contribution in [3.05, 3.63) is 55.0 Å². The fourth-order valence-corrected chi connectivity index (χ4v) is 2.52. The third kappa shape index (κ3) is 3.78. The van der Waals surface area contributed by atoms with Gasteiger partial charge in [-0.05, 0) is 53.0 Å². The monoisotopic (exact) mass is 470 g/mol. The molecule has 6 heteroatoms. The topological polar surface area (TPSA) is 66.0 Å². The lowest BCUT2D eigenvalue weighted by Gasteiger charge is -2.09. The van der Waals surface area contributed by atoms with E-state index < -0.39 is 5.91 Å². The summed E-state index contributed by atoms with van der Waals surface area (Å²) >= 11 is 5.34. The van der Waals surface area contributed by atoms with Crippen LogP contribution in [0.1, 0.15) is 16.9 Å². The van der Waals surface area contributed by atoms with Crippen molar-refractivity contribution < 1.29 is 9.21 Å². The summed E-state index contributed by atoms with van der Waals surface area (Å²) in [6.07, 6.45) is 1.42. The molecule has 2 rings (SSSR count). The number of amides is 1. The highest BCUT2D eigenvalue weighted by molar-refractivity contribution is 14.1. The van der Waals surface area contributed by atoms with Gasteiger partial charge in [0, 0.05) is 34.4 Å². The summed E-state index contributed by atoms with van der Waals surface area (Å²) in [5, 5.41) is 12.0. The molecule has 0 spiro atoms. The van der Waals surface area contributed by atoms with Gasteiger partial charge < -0.3 is 9.73 Å². The molecule has 0 saturated carbocycles. The van der Waals surface area contributed by atoms with Gasteiger partial charge in [-0.2, -0.15) is 5.26 Å². The van der Waals surface area contributed by atoms with E-state index in [0.29, 0.717) is 15.2 Å². The zero-order valence-electron chi connectivity index (χ0n) is 11.9. The van der Waals surface area contributed by atoms with E-state index >= 15 is 0 Å². The molecule has 0 radical (unpaired) electrons. The van der Waals surface area contributed by atoms with E-state index in [0.717, 1.165) is 15.6 Å². The summed E-state index contributed by atoms with van der Waals surface area (Å²) in [6, 6.07) is 9.25. The Morgan fingerprint density at radius 3 is 2.77 bits per heavy atom. The van der Waals surface area contributed by atoms with Crippen molar-refractivity contribution in [2.45, 2.75) is 13.8 Å². The number of aryl methyl sites for hydroxylation is 1. The molecule has 1 N–H and O–H groups in total. The Bertz CT molecular complexity index is 783. The molecule has 0 bridgehead atoms. The lowest BCUT2D eigenvalue weighted by molar-refractivity contribution is -0.112. The van der Waals surface area contributed by atoms with Gasteiger partial charge in [-0.3, -0.25) is 4.79 Å². The summed E-state index contributed by atoms with van der Waals surface area (Å²) in [5.74, 6) is -0.0114. The van der Waals surface area contributed by atoms with Gasteiger partial charge in [0.1, 0.15) is 17.4 Å². The van der Waals surface area contributed by atoms with Crippen molar-refractivity contribution in [1.82, 2.24) is 0 Å². The van der Waals surface area contributed by atoms with E-state index in [4.69, 9.17) is 4.42 Å². The first kappa shape index (κ1) is 16.8. The molecule has 22 heavy (non-hydrogen) atoms. The third-order valence-electron chi connectivity index (χ3n) is 3.17. The van der Waals surface area contributed by atoms with Crippen LogP contribution in [0.5, 0.6) is 0 Å². The summed E-state index contributed by atoms with van der Waals surface area (Å²) in [7, 11) is 0. The van der Waals surface area contributed by atoms with Gasteiger partial charge in [0.25, 0.3) is 5.91 Å². The third-order valence-corrected chi connectivity index (χ3v) is 5.30. The Morgan fingerprint density at radius 2 is 2.18 bits per heavy atom. The number of nitrogens with zero attached hydrogens (tertiary/aromatic N) is 1. The minimum Gasteiger partial charge on any atom is -0.450 e. The maximum absolute atomic E-state index is 12.2. The minimum absolute atomic E-state index is 0.0152. The van der Waals surface area contributed by atoms with E-state index in [2.05, 4.69) is 21.2 Å². The largest absolute Gasteiger partial charge is 0.450 e. The van der Waals surface area contributed by atoms with Crippen LogP contribution in [0.3, 0.4) is 0 Å². The molecule has 1 aromatic heterocycles. The quantitative estimate of drug-likeness (QED) is 0.397. The molecular weight excluding hydrogens is 459 g/mol. The average Bonchev–Trinajstić information content (AvgIpc) is 2.79. The molecule has 4 nitrogen and oxygen atoms in total. The van der Waals surface area contributed by atoms with E-state index in [-0.39, 0.29) is 5.57 Å². The second-order valence-corrected chi connectivity index (χ2v) is 6.48. The van der Waals surface area contributed by atoms with E-state index in [1.54, 1.807) is 6.07 Å². The molecule has 0 saturated heterocycles. The van der Waals surface area contributed by atoms with Gasteiger partial charge in [0.05, 0.1) is 4.47 Å². The predicted octanol–water partition coefficient (Wildman–Crippen LogP) is 4.81. The van der Waals surface area contributed by atoms with Gasteiger partial charge in [0.2, 0.25) is 0 Å². The fourth-order valence-electron chi connectivity index (χ4n) is 1.80. The van der Waals surface area contributed by atoms with Gasteiger partial charge in [0.15, 0.2) is 3.77 Å². The smallest absolute Gasteiger partial charge is 0.266 e. The highest BCUT2D eigenvalue weighted by Crippen LogP contribution is 2.25. The van der Waals surface area contributed by atoms with Crippen molar-refractivity contribution in [3.63, 3.8) is 0 Å². The standard InChI is InChI=1S/C16H12BrIN2O2/c1-9-4-3-5-14(10(9)2)20-16(21)11(8-19)6-12-7-13(17)15(18)22-12/h3-7H,1-2H3,(H,20,21)/b11-6-. The number of halogens is 2. The number of rotatable bonds is 3. The zero-order valence-corrected chi connectivity index (χ0v) is 15.6. The Kier molecular flexibility index (Phi) is 5.42. The van der Waals surface area contributed by atoms with Crippen molar-refractivity contribution in [3.8, 4) is 6.07 Å². The second kappa shape index (κ2) is 7.11. The van der Waals surface area contributed by atoms with Gasteiger partial charge in [-0.1, -0.05) is 12.1 Å². The lowest BCUT2D eigenvalue weighted by atomic mass is 10.1. The van der Waals surface area contributed by atoms with Crippen LogP contribution in [-0.4, -0.2) is 5.91 Å². The molecule has 1 aromatic carbocycles. The average molecular weight is 471 g/mol. The number of furan rings is 1. The summed E-state index contributed by atoms with van der Waals surface area (Å²) in [5.41, 5.74) is 2.73. The van der Waals surface area contributed by atoms with Crippen LogP contribution < -0.4 is 5.32 Å². The number of carbonyl (C=O) groups excluding carboxylic acids is 1. The molecule has 0 aliphatic rings. The Labute approximate surface area is 150 Å². The number of nitriles is 1. The highest BCUT2D eigenvalue weighted by Gasteiger charge is 2.13. The first-order valence-corrected chi connectivity index (χ1v) is 8.23. The van der Waals surface area contributed by atoms with Crippen LogP contribution >= 0.6 is 38.5 Å². The number of carbonyl (C=O) groups is 1. The summed E-state index contributed by atoms with van der Waals surface area (Å²) in [4.78, 5) is 12.2. The molecule has 0 fully saturated rings. The molecule has 0 aliphatic heterocycles. The van der Waals surface area contributed by atoms with E-state index in [9.17, 15) is 10.1 Å². The number of benzene rings is 1. The number of hydrogen-bond acceptors (Lipinski definition) is 3. The van der Waals surface area contributed by atoms with E-state index in [1.807, 2.05) is 60.7 Å². The van der Waals surface area contributed by atoms with Crippen LogP contribution in [0.25, 0.3) is 6.08 Å². The molecule has 1 heterocycles. The molecule has 0 atom stereocenters. The number of nitrogens with one attached hydrogen (secondary N) is 1. The summed E-state index contributed by atoms with van der Waals surface area (Å²) < 4.78 is 6.87. The van der Waals surface area contributed by atoms with Crippen molar-refractivity contribution >= 4 is 56.2 Å². The van der Waals surface area contributed by atoms with Gasteiger partial charge >= 0.3 is 0 Å². The molecular formula is C16H12BrIN2O2. The second-order valence-electron chi connectivity index (χ2n) is 4.64. The number of anilines is 1. The van der Waals surface area contributed by atoms with Crippen LogP contribution in [0, 0.1) is 28.9 Å². The van der Waals surface area contributed by atoms with Crippen LogP contribution in [-0.2, 0) is 4.79 Å². The lowest BCUT2D eigenvalue weighted by Crippen LogP contribution is -2.14. The van der Waals surface area contributed by atoms with Crippen molar-refractivity contribution in [2.75, 3.05) is 5.32 Å². The SMILES string of the molecule is Cc1cccc(NC(=O)/C(C#N)=C\c2cc(Br)c(I)o2)c1C. The zero-order chi connectivity index (χ0) is 16.3. The highest BCUT2D eigenvalue weighted by atomic mass is 127. The molecule has 0 unspecified atom stereocenters. The molecule has 0 aliphatic carbocycles. The first-order valence-electron chi connectivity index (χ1n) is 6.36. The van der Waals surface area contributed by atoms with E-state index in [1.165, 1.54) is 6.08 Å². The van der Waals surface area contributed by atoms with Crippen LogP contribution in [0.15, 0.2) is 38.7 Å². The Morgan fingerprint density at radius 1 is 1.45 bits per heavy atom. The van der Waals surface area contributed by atoms with Crippen LogP contribution in [0.4, 0.5) is 5.69 Å². The van der Waals surface area contributed by atoms with Crippen molar-refractivity contribution in [1.29, 1.82) is 5.26 Å². The maximum Gasteiger partial charge on any atom is 0.266 e. The van der Waals surface area contributed by atoms with Gasteiger partial charge in [-0.25, -0.2) is 0 Å². The van der Waals surface area contributed by atoms with Crippen LogP contribution in [0.2, 0.25) is 0 Å². The minimum atomic E-state index is -0.460. The molecule has 1 amide bonds. The van der Waals surface area contributed by atoms with Crippen molar-refractivity contribution in [2.24, 2.45) is 0 Å².